The molecule has 5 nitrogen and oxygen atoms in total. The third kappa shape index (κ3) is 2.41. The fraction of sp³-hybridized carbons (Fsp3) is 0.500. The number of aryl methyl sites for hydroxylation is 2. The Balaban J connectivity index is 2.46. The molecular weight excluding hydrogens is 302 g/mol. The third-order valence-electron chi connectivity index (χ3n) is 2.57. The van der Waals surface area contributed by atoms with E-state index in [0.717, 1.165) is 27.3 Å². The monoisotopic (exact) mass is 315 g/mol. The van der Waals surface area contributed by atoms with Gasteiger partial charge in [-0.15, -0.1) is 5.10 Å². The first-order chi connectivity index (χ1) is 8.15. The van der Waals surface area contributed by atoms with Crippen LogP contribution in [0.5, 0.6) is 0 Å². The normalized spacial score (nSPS) is 12.9. The van der Waals surface area contributed by atoms with Gasteiger partial charge in [0.15, 0.2) is 0 Å². The van der Waals surface area contributed by atoms with E-state index in [0.29, 0.717) is 0 Å². The molecule has 0 bridgehead atoms. The highest BCUT2D eigenvalue weighted by atomic mass is 79.9. The zero-order valence-corrected chi connectivity index (χ0v) is 12.3. The minimum absolute atomic E-state index is 0.0851. The molecule has 2 aromatic rings. The molecule has 0 amide bonds. The second-order valence-corrected chi connectivity index (χ2v) is 5.35. The lowest BCUT2D eigenvalue weighted by atomic mass is 10.1. The highest BCUT2D eigenvalue weighted by Gasteiger charge is 2.23. The summed E-state index contributed by atoms with van der Waals surface area (Å²) in [5, 5.41) is 11.8. The summed E-state index contributed by atoms with van der Waals surface area (Å²) in [4.78, 5) is 1.14. The fourth-order valence-corrected chi connectivity index (χ4v) is 3.07. The van der Waals surface area contributed by atoms with E-state index in [-0.39, 0.29) is 6.04 Å². The predicted molar refractivity (Wildman–Crippen MR) is 71.1 cm³/mol. The average Bonchev–Trinajstić information content (AvgIpc) is 2.84. The zero-order valence-electron chi connectivity index (χ0n) is 9.94. The summed E-state index contributed by atoms with van der Waals surface area (Å²) in [6.45, 7) is 4.94. The lowest BCUT2D eigenvalue weighted by Gasteiger charge is -2.17. The van der Waals surface area contributed by atoms with Crippen molar-refractivity contribution in [1.82, 2.24) is 24.7 Å². The second-order valence-electron chi connectivity index (χ2n) is 3.71. The lowest BCUT2D eigenvalue weighted by molar-refractivity contribution is 0.574. The van der Waals surface area contributed by atoms with E-state index in [1.807, 2.05) is 24.9 Å². The van der Waals surface area contributed by atoms with Crippen molar-refractivity contribution in [3.05, 3.63) is 26.9 Å². The molecule has 0 aromatic carbocycles. The van der Waals surface area contributed by atoms with Gasteiger partial charge in [-0.25, -0.2) is 0 Å². The number of halogens is 1. The van der Waals surface area contributed by atoms with Crippen LogP contribution in [-0.4, -0.2) is 25.9 Å². The van der Waals surface area contributed by atoms with Gasteiger partial charge in [0.05, 0.1) is 33.0 Å². The molecule has 0 fully saturated rings. The molecule has 2 aromatic heterocycles. The molecule has 0 aliphatic rings. The Bertz CT molecular complexity index is 487. The Morgan fingerprint density at radius 2 is 2.35 bits per heavy atom. The van der Waals surface area contributed by atoms with Gasteiger partial charge in [0.1, 0.15) is 0 Å². The van der Waals surface area contributed by atoms with E-state index in [1.165, 1.54) is 11.5 Å². The molecular formula is C10H14BrN5S. The number of nitrogens with one attached hydrogen (secondary N) is 1. The number of aromatic nitrogens is 4. The summed E-state index contributed by atoms with van der Waals surface area (Å²) in [7, 11) is 1.94. The largest absolute Gasteiger partial charge is 0.304 e. The summed E-state index contributed by atoms with van der Waals surface area (Å²) < 4.78 is 6.87. The molecule has 1 unspecified atom stereocenters. The molecule has 2 rings (SSSR count). The van der Waals surface area contributed by atoms with Crippen LogP contribution in [0.2, 0.25) is 0 Å². The zero-order chi connectivity index (χ0) is 12.4. The molecule has 17 heavy (non-hydrogen) atoms. The van der Waals surface area contributed by atoms with Gasteiger partial charge in [0.25, 0.3) is 0 Å². The first kappa shape index (κ1) is 12.7. The van der Waals surface area contributed by atoms with Crippen molar-refractivity contribution in [3.8, 4) is 0 Å². The molecule has 1 atom stereocenters. The van der Waals surface area contributed by atoms with Crippen LogP contribution in [0.4, 0.5) is 0 Å². The van der Waals surface area contributed by atoms with Crippen molar-refractivity contribution in [1.29, 1.82) is 0 Å². The lowest BCUT2D eigenvalue weighted by Crippen LogP contribution is -2.24. The fourth-order valence-electron chi connectivity index (χ4n) is 1.77. The molecule has 0 radical (unpaired) electrons. The number of hydrogen-bond donors (Lipinski definition) is 1. The van der Waals surface area contributed by atoms with E-state index in [1.54, 1.807) is 0 Å². The van der Waals surface area contributed by atoms with Crippen LogP contribution in [0.3, 0.4) is 0 Å². The highest BCUT2D eigenvalue weighted by Crippen LogP contribution is 2.30. The van der Waals surface area contributed by atoms with Gasteiger partial charge in [-0.2, -0.15) is 5.10 Å². The van der Waals surface area contributed by atoms with Crippen molar-refractivity contribution in [2.24, 2.45) is 7.05 Å². The van der Waals surface area contributed by atoms with E-state index in [4.69, 9.17) is 0 Å². The summed E-state index contributed by atoms with van der Waals surface area (Å²) in [5.41, 5.74) is 2.06. The molecule has 0 spiro atoms. The van der Waals surface area contributed by atoms with E-state index < -0.39 is 0 Å². The van der Waals surface area contributed by atoms with Crippen LogP contribution >= 0.6 is 27.5 Å². The van der Waals surface area contributed by atoms with Crippen molar-refractivity contribution in [2.75, 3.05) is 6.54 Å². The summed E-state index contributed by atoms with van der Waals surface area (Å²) in [6.07, 6.45) is 1.81. The Hall–Kier alpha value is -0.790. The summed E-state index contributed by atoms with van der Waals surface area (Å²) in [5.74, 6) is 0. The van der Waals surface area contributed by atoms with Crippen LogP contribution in [0, 0.1) is 6.92 Å². The van der Waals surface area contributed by atoms with Crippen LogP contribution in [0.25, 0.3) is 0 Å². The van der Waals surface area contributed by atoms with E-state index >= 15 is 0 Å². The standard InChI is InChI=1S/C10H14BrN5S/c1-4-12-8(10-6(2)14-15-17-10)9-7(11)5-13-16(9)3/h5,8,12H,4H2,1-3H3. The molecule has 7 heteroatoms. The van der Waals surface area contributed by atoms with Gasteiger partial charge in [-0.1, -0.05) is 11.4 Å². The average molecular weight is 316 g/mol. The summed E-state index contributed by atoms with van der Waals surface area (Å²) >= 11 is 4.97. The van der Waals surface area contributed by atoms with Gasteiger partial charge in [-0.3, -0.25) is 4.68 Å². The molecule has 0 saturated carbocycles. The Labute approximate surface area is 113 Å². The van der Waals surface area contributed by atoms with E-state index in [9.17, 15) is 0 Å². The van der Waals surface area contributed by atoms with Gasteiger partial charge in [-0.05, 0) is 40.9 Å². The maximum Gasteiger partial charge on any atom is 0.0888 e. The predicted octanol–water partition coefficient (Wildman–Crippen LogP) is 2.04. The van der Waals surface area contributed by atoms with Crippen LogP contribution in [-0.2, 0) is 7.05 Å². The molecule has 92 valence electrons. The van der Waals surface area contributed by atoms with Gasteiger partial charge >= 0.3 is 0 Å². The van der Waals surface area contributed by atoms with Crippen LogP contribution in [0.1, 0.15) is 29.2 Å². The maximum absolute atomic E-state index is 4.25. The molecule has 0 aliphatic heterocycles. The van der Waals surface area contributed by atoms with Crippen LogP contribution in [0.15, 0.2) is 10.7 Å². The van der Waals surface area contributed by atoms with Crippen molar-refractivity contribution in [2.45, 2.75) is 19.9 Å². The molecule has 1 N–H and O–H groups in total. The Morgan fingerprint density at radius 3 is 2.82 bits per heavy atom. The first-order valence-corrected chi connectivity index (χ1v) is 6.91. The minimum atomic E-state index is 0.0851. The van der Waals surface area contributed by atoms with Crippen molar-refractivity contribution >= 4 is 27.5 Å². The molecule has 0 aliphatic carbocycles. The summed E-state index contributed by atoms with van der Waals surface area (Å²) in [6, 6.07) is 0.0851. The smallest absolute Gasteiger partial charge is 0.0888 e. The quantitative estimate of drug-likeness (QED) is 0.938. The SMILES string of the molecule is CCNC(c1snnc1C)c1c(Br)cnn1C. The van der Waals surface area contributed by atoms with Gasteiger partial charge in [0, 0.05) is 7.05 Å². The second kappa shape index (κ2) is 5.24. The molecule has 2 heterocycles. The maximum atomic E-state index is 4.25. The van der Waals surface area contributed by atoms with Crippen molar-refractivity contribution < 1.29 is 0 Å². The van der Waals surface area contributed by atoms with Gasteiger partial charge in [0.2, 0.25) is 0 Å². The number of nitrogens with zero attached hydrogens (tertiary/aromatic N) is 4. The Kier molecular flexibility index (Phi) is 3.90. The van der Waals surface area contributed by atoms with Gasteiger partial charge < -0.3 is 5.32 Å². The first-order valence-electron chi connectivity index (χ1n) is 5.34. The minimum Gasteiger partial charge on any atom is -0.304 e. The van der Waals surface area contributed by atoms with E-state index in [2.05, 4.69) is 42.9 Å². The number of hydrogen-bond acceptors (Lipinski definition) is 5. The highest BCUT2D eigenvalue weighted by molar-refractivity contribution is 9.10. The van der Waals surface area contributed by atoms with Crippen molar-refractivity contribution in [3.63, 3.8) is 0 Å². The topological polar surface area (TPSA) is 55.6 Å². The molecule has 0 saturated heterocycles. The third-order valence-corrected chi connectivity index (χ3v) is 4.07. The number of rotatable bonds is 4. The Morgan fingerprint density at radius 1 is 1.59 bits per heavy atom. The van der Waals surface area contributed by atoms with Crippen LogP contribution < -0.4 is 5.32 Å².